The van der Waals surface area contributed by atoms with E-state index in [-0.39, 0.29) is 0 Å². The van der Waals surface area contributed by atoms with Gasteiger partial charge in [0, 0.05) is 30.4 Å². The van der Waals surface area contributed by atoms with Crippen LogP contribution < -0.4 is 15.2 Å². The highest BCUT2D eigenvalue weighted by Gasteiger charge is 2.12. The number of benzene rings is 1. The number of nitrogens with zero attached hydrogens (tertiary/aromatic N) is 2. The molecule has 19 heavy (non-hydrogen) atoms. The van der Waals surface area contributed by atoms with Crippen molar-refractivity contribution in [2.45, 2.75) is 6.42 Å². The summed E-state index contributed by atoms with van der Waals surface area (Å²) < 4.78 is 12.6. The molecular formula is C13H16N4O2. The third-order valence-electron chi connectivity index (χ3n) is 3.17. The molecule has 6 nitrogen and oxygen atoms in total. The third-order valence-corrected chi connectivity index (χ3v) is 3.17. The highest BCUT2D eigenvalue weighted by atomic mass is 16.5. The molecule has 1 aromatic carbocycles. The topological polar surface area (TPSA) is 77.6 Å². The first-order valence-electron chi connectivity index (χ1n) is 6.08. The Balaban J connectivity index is 2.23. The number of imidazole rings is 2. The first kappa shape index (κ1) is 11.9. The van der Waals surface area contributed by atoms with Gasteiger partial charge in [-0.1, -0.05) is 0 Å². The smallest absolute Gasteiger partial charge is 0.212 e. The van der Waals surface area contributed by atoms with Crippen molar-refractivity contribution in [1.82, 2.24) is 14.4 Å². The second kappa shape index (κ2) is 4.47. The SMILES string of the molecule is COc1cc2nc3[nH]c(CCN)cn3c2cc1OC. The number of nitrogens with two attached hydrogens (primary N) is 1. The van der Waals surface area contributed by atoms with Crippen LogP contribution in [0.3, 0.4) is 0 Å². The summed E-state index contributed by atoms with van der Waals surface area (Å²) in [5, 5.41) is 0. The van der Waals surface area contributed by atoms with Gasteiger partial charge >= 0.3 is 0 Å². The molecule has 0 fully saturated rings. The fourth-order valence-corrected chi connectivity index (χ4v) is 2.26. The van der Waals surface area contributed by atoms with E-state index >= 15 is 0 Å². The first-order chi connectivity index (χ1) is 9.26. The summed E-state index contributed by atoms with van der Waals surface area (Å²) in [4.78, 5) is 7.78. The Labute approximate surface area is 110 Å². The maximum atomic E-state index is 5.56. The summed E-state index contributed by atoms with van der Waals surface area (Å²) in [6.07, 6.45) is 2.82. The number of nitrogens with one attached hydrogen (secondary N) is 1. The zero-order chi connectivity index (χ0) is 13.4. The number of H-pyrrole nitrogens is 1. The van der Waals surface area contributed by atoms with Crippen molar-refractivity contribution < 1.29 is 9.47 Å². The Morgan fingerprint density at radius 3 is 2.68 bits per heavy atom. The Morgan fingerprint density at radius 1 is 1.26 bits per heavy atom. The standard InChI is InChI=1S/C13H16N4O2/c1-18-11-5-9-10(6-12(11)19-2)17-7-8(3-4-14)15-13(17)16-9/h5-7H,3-4,14H2,1-2H3,(H,15,16). The van der Waals surface area contributed by atoms with Gasteiger partial charge in [-0.25, -0.2) is 4.98 Å². The van der Waals surface area contributed by atoms with Gasteiger partial charge in [0.15, 0.2) is 11.5 Å². The molecule has 6 heteroatoms. The fraction of sp³-hybridized carbons (Fsp3) is 0.308. The van der Waals surface area contributed by atoms with Crippen molar-refractivity contribution >= 4 is 16.8 Å². The quantitative estimate of drug-likeness (QED) is 0.742. The molecule has 2 aromatic heterocycles. The van der Waals surface area contributed by atoms with Crippen LogP contribution >= 0.6 is 0 Å². The van der Waals surface area contributed by atoms with Crippen molar-refractivity contribution in [2.24, 2.45) is 5.73 Å². The normalized spacial score (nSPS) is 11.3. The summed E-state index contributed by atoms with van der Waals surface area (Å²) in [5.74, 6) is 2.17. The zero-order valence-electron chi connectivity index (χ0n) is 10.9. The molecule has 3 rings (SSSR count). The molecule has 3 N–H and O–H groups in total. The predicted octanol–water partition coefficient (Wildman–Crippen LogP) is 1.33. The fourth-order valence-electron chi connectivity index (χ4n) is 2.26. The number of hydrogen-bond acceptors (Lipinski definition) is 4. The number of hydrogen-bond donors (Lipinski definition) is 2. The predicted molar refractivity (Wildman–Crippen MR) is 72.9 cm³/mol. The Hall–Kier alpha value is -2.21. The molecule has 0 aliphatic rings. The number of fused-ring (bicyclic) bond motifs is 3. The molecule has 0 unspecified atom stereocenters. The first-order valence-corrected chi connectivity index (χ1v) is 6.08. The molecule has 0 bridgehead atoms. The van der Waals surface area contributed by atoms with Crippen LogP contribution in [-0.2, 0) is 6.42 Å². The summed E-state index contributed by atoms with van der Waals surface area (Å²) in [5.41, 5.74) is 8.48. The Kier molecular flexibility index (Phi) is 2.79. The lowest BCUT2D eigenvalue weighted by Gasteiger charge is -2.06. The average molecular weight is 260 g/mol. The van der Waals surface area contributed by atoms with Gasteiger partial charge in [0.25, 0.3) is 0 Å². The van der Waals surface area contributed by atoms with E-state index in [4.69, 9.17) is 15.2 Å². The van der Waals surface area contributed by atoms with E-state index in [9.17, 15) is 0 Å². The van der Waals surface area contributed by atoms with E-state index < -0.39 is 0 Å². The van der Waals surface area contributed by atoms with Crippen molar-refractivity contribution in [1.29, 1.82) is 0 Å². The highest BCUT2D eigenvalue weighted by molar-refractivity contribution is 5.83. The average Bonchev–Trinajstić information content (AvgIpc) is 2.94. The van der Waals surface area contributed by atoms with Crippen molar-refractivity contribution in [3.63, 3.8) is 0 Å². The number of rotatable bonds is 4. The van der Waals surface area contributed by atoms with E-state index in [0.29, 0.717) is 18.0 Å². The lowest BCUT2D eigenvalue weighted by Crippen LogP contribution is -2.02. The highest BCUT2D eigenvalue weighted by Crippen LogP contribution is 2.32. The molecule has 0 amide bonds. The largest absolute Gasteiger partial charge is 0.493 e. The molecule has 2 heterocycles. The molecule has 0 aliphatic carbocycles. The van der Waals surface area contributed by atoms with E-state index in [2.05, 4.69) is 9.97 Å². The van der Waals surface area contributed by atoms with Crippen molar-refractivity contribution in [3.05, 3.63) is 24.0 Å². The molecule has 0 saturated heterocycles. The maximum Gasteiger partial charge on any atom is 0.212 e. The summed E-state index contributed by atoms with van der Waals surface area (Å²) in [6.45, 7) is 0.610. The Bertz CT molecular complexity index is 729. The monoisotopic (exact) mass is 260 g/mol. The van der Waals surface area contributed by atoms with Gasteiger partial charge in [0.2, 0.25) is 5.78 Å². The zero-order valence-corrected chi connectivity index (χ0v) is 10.9. The minimum atomic E-state index is 0.610. The molecule has 0 radical (unpaired) electrons. The third kappa shape index (κ3) is 1.80. The number of aromatic amines is 1. The van der Waals surface area contributed by atoms with E-state index in [0.717, 1.165) is 28.9 Å². The van der Waals surface area contributed by atoms with Crippen LogP contribution in [0.1, 0.15) is 5.69 Å². The van der Waals surface area contributed by atoms with E-state index in [1.165, 1.54) is 0 Å². The van der Waals surface area contributed by atoms with Crippen LogP contribution in [-0.4, -0.2) is 35.1 Å². The van der Waals surface area contributed by atoms with Gasteiger partial charge in [0.05, 0.1) is 25.3 Å². The second-order valence-electron chi connectivity index (χ2n) is 4.32. The molecule has 0 aliphatic heterocycles. The van der Waals surface area contributed by atoms with Crippen molar-refractivity contribution in [3.8, 4) is 11.5 Å². The second-order valence-corrected chi connectivity index (χ2v) is 4.32. The number of ether oxygens (including phenoxy) is 2. The lowest BCUT2D eigenvalue weighted by atomic mass is 10.2. The minimum absolute atomic E-state index is 0.610. The van der Waals surface area contributed by atoms with Crippen LogP contribution in [0.25, 0.3) is 16.8 Å². The molecule has 0 spiro atoms. The van der Waals surface area contributed by atoms with Gasteiger partial charge in [-0.05, 0) is 6.54 Å². The summed E-state index contributed by atoms with van der Waals surface area (Å²) >= 11 is 0. The van der Waals surface area contributed by atoms with E-state index in [1.54, 1.807) is 14.2 Å². The molecule has 0 atom stereocenters. The van der Waals surface area contributed by atoms with Gasteiger partial charge < -0.3 is 20.2 Å². The summed E-state index contributed by atoms with van der Waals surface area (Å²) in [7, 11) is 3.24. The molecule has 100 valence electrons. The number of aromatic nitrogens is 3. The van der Waals surface area contributed by atoms with Gasteiger partial charge in [-0.2, -0.15) is 0 Å². The maximum absolute atomic E-state index is 5.56. The van der Waals surface area contributed by atoms with Gasteiger partial charge in [-0.3, -0.25) is 4.40 Å². The number of methoxy groups -OCH3 is 2. The minimum Gasteiger partial charge on any atom is -0.493 e. The van der Waals surface area contributed by atoms with Crippen LogP contribution in [0.15, 0.2) is 18.3 Å². The van der Waals surface area contributed by atoms with Crippen LogP contribution in [0.2, 0.25) is 0 Å². The van der Waals surface area contributed by atoms with Gasteiger partial charge in [-0.15, -0.1) is 0 Å². The lowest BCUT2D eigenvalue weighted by molar-refractivity contribution is 0.355. The van der Waals surface area contributed by atoms with Crippen LogP contribution in [0, 0.1) is 0 Å². The van der Waals surface area contributed by atoms with Crippen LogP contribution in [0.4, 0.5) is 0 Å². The van der Waals surface area contributed by atoms with Gasteiger partial charge in [0.1, 0.15) is 0 Å². The van der Waals surface area contributed by atoms with E-state index in [1.807, 2.05) is 22.7 Å². The summed E-state index contributed by atoms with van der Waals surface area (Å²) in [6, 6.07) is 3.80. The Morgan fingerprint density at radius 2 is 2.00 bits per heavy atom. The van der Waals surface area contributed by atoms with Crippen LogP contribution in [0.5, 0.6) is 11.5 Å². The molecular weight excluding hydrogens is 244 g/mol. The molecule has 0 saturated carbocycles. The van der Waals surface area contributed by atoms with Crippen molar-refractivity contribution in [2.75, 3.05) is 20.8 Å². The molecule has 3 aromatic rings.